The number of benzene rings is 2. The molecule has 0 aliphatic carbocycles. The average molecular weight is 428 g/mol. The van der Waals surface area contributed by atoms with Gasteiger partial charge in [0.2, 0.25) is 5.91 Å². The van der Waals surface area contributed by atoms with Crippen molar-refractivity contribution in [3.63, 3.8) is 0 Å². The zero-order valence-electron chi connectivity index (χ0n) is 18.9. The molecule has 0 radical (unpaired) electrons. The molecule has 2 atom stereocenters. The van der Waals surface area contributed by atoms with Crippen molar-refractivity contribution in [2.75, 3.05) is 13.1 Å². The smallest absolute Gasteiger partial charge is 0.219 e. The molecule has 1 aliphatic heterocycles. The molecule has 3 aromatic rings. The minimum atomic E-state index is -0.447. The molecular formula is C27H29N3O2. The summed E-state index contributed by atoms with van der Waals surface area (Å²) < 4.78 is 0. The second-order valence-electron chi connectivity index (χ2n) is 8.78. The molecule has 4 rings (SSSR count). The Morgan fingerprint density at radius 2 is 1.78 bits per heavy atom. The Labute approximate surface area is 189 Å². The fourth-order valence-electron chi connectivity index (χ4n) is 4.61. The molecule has 5 heteroatoms. The van der Waals surface area contributed by atoms with Gasteiger partial charge >= 0.3 is 0 Å². The molecule has 1 amide bonds. The minimum Gasteiger partial charge on any atom is -0.342 e. The van der Waals surface area contributed by atoms with Gasteiger partial charge in [0.05, 0.1) is 0 Å². The van der Waals surface area contributed by atoms with Crippen LogP contribution in [0, 0.1) is 18.8 Å². The van der Waals surface area contributed by atoms with Crippen molar-refractivity contribution in [3.05, 3.63) is 105 Å². The Balaban J connectivity index is 1.62. The Morgan fingerprint density at radius 3 is 2.41 bits per heavy atom. The summed E-state index contributed by atoms with van der Waals surface area (Å²) in [5.74, 6) is 0.585. The topological polar surface area (TPSA) is 62.6 Å². The molecule has 32 heavy (non-hydrogen) atoms. The van der Waals surface area contributed by atoms with E-state index >= 15 is 0 Å². The molecule has 0 spiro atoms. The predicted octanol–water partition coefficient (Wildman–Crippen LogP) is 5.67. The van der Waals surface area contributed by atoms with Gasteiger partial charge in [0.15, 0.2) is 0 Å². The number of aromatic nitrogens is 1. The number of amides is 1. The average Bonchev–Trinajstić information content (AvgIpc) is 2.75. The van der Waals surface area contributed by atoms with Crippen molar-refractivity contribution in [3.8, 4) is 0 Å². The quantitative estimate of drug-likeness (QED) is 0.456. The van der Waals surface area contributed by atoms with Gasteiger partial charge in [-0.1, -0.05) is 53.7 Å². The summed E-state index contributed by atoms with van der Waals surface area (Å²) in [6.45, 7) is 7.23. The molecule has 0 N–H and O–H groups in total. The number of carbonyl (C=O) groups excluding carboxylic acids is 1. The van der Waals surface area contributed by atoms with Gasteiger partial charge in [-0.05, 0) is 60.2 Å². The number of nitrogens with zero attached hydrogens (tertiary/aromatic N) is 3. The highest BCUT2D eigenvalue weighted by Gasteiger charge is 2.30. The molecule has 0 saturated carbocycles. The monoisotopic (exact) mass is 427 g/mol. The summed E-state index contributed by atoms with van der Waals surface area (Å²) >= 11 is 0. The van der Waals surface area contributed by atoms with E-state index in [1.54, 1.807) is 13.1 Å². The van der Waals surface area contributed by atoms with Crippen LogP contribution in [0.25, 0.3) is 0 Å². The second kappa shape index (κ2) is 9.43. The molecular weight excluding hydrogens is 398 g/mol. The first-order chi connectivity index (χ1) is 15.5. The Bertz CT molecular complexity index is 1100. The zero-order valence-corrected chi connectivity index (χ0v) is 18.9. The van der Waals surface area contributed by atoms with Gasteiger partial charge in [-0.15, -0.1) is 0 Å². The first kappa shape index (κ1) is 21.9. The molecule has 5 nitrogen and oxygen atoms in total. The number of hydrogen-bond donors (Lipinski definition) is 0. The highest BCUT2D eigenvalue weighted by atomic mass is 16.3. The lowest BCUT2D eigenvalue weighted by Crippen LogP contribution is -2.47. The molecule has 1 saturated heterocycles. The summed E-state index contributed by atoms with van der Waals surface area (Å²) in [4.78, 5) is 29.5. The molecule has 1 aromatic heterocycles. The largest absolute Gasteiger partial charge is 0.342 e. The van der Waals surface area contributed by atoms with E-state index in [1.165, 1.54) is 22.3 Å². The van der Waals surface area contributed by atoms with E-state index in [-0.39, 0.29) is 11.8 Å². The molecule has 2 aromatic carbocycles. The van der Waals surface area contributed by atoms with Gasteiger partial charge in [0.25, 0.3) is 0 Å². The van der Waals surface area contributed by atoms with Crippen LogP contribution in [0.5, 0.6) is 0 Å². The van der Waals surface area contributed by atoms with Gasteiger partial charge in [0.1, 0.15) is 6.04 Å². The van der Waals surface area contributed by atoms with Crippen LogP contribution in [0.2, 0.25) is 0 Å². The lowest BCUT2D eigenvalue weighted by Gasteiger charge is -2.39. The van der Waals surface area contributed by atoms with E-state index in [0.29, 0.717) is 12.3 Å². The Hall–Kier alpha value is -3.34. The molecule has 1 aliphatic rings. The first-order valence-electron chi connectivity index (χ1n) is 11.1. The number of nitroso groups, excluding NO2 is 1. The lowest BCUT2D eigenvalue weighted by atomic mass is 9.81. The van der Waals surface area contributed by atoms with E-state index in [1.807, 2.05) is 36.1 Å². The minimum absolute atomic E-state index is 0.0523. The van der Waals surface area contributed by atoms with Crippen molar-refractivity contribution in [2.45, 2.75) is 45.1 Å². The summed E-state index contributed by atoms with van der Waals surface area (Å²) in [6, 6.07) is 20.4. The normalized spacial score (nSPS) is 15.7. The fourth-order valence-corrected chi connectivity index (χ4v) is 4.61. The van der Waals surface area contributed by atoms with Crippen LogP contribution < -0.4 is 0 Å². The van der Waals surface area contributed by atoms with Crippen molar-refractivity contribution in [1.82, 2.24) is 9.88 Å². The van der Waals surface area contributed by atoms with Gasteiger partial charge in [0, 0.05) is 43.7 Å². The van der Waals surface area contributed by atoms with Crippen molar-refractivity contribution < 1.29 is 4.79 Å². The third-order valence-electron chi connectivity index (χ3n) is 6.59. The van der Waals surface area contributed by atoms with Crippen LogP contribution in [0.1, 0.15) is 64.7 Å². The van der Waals surface area contributed by atoms with E-state index in [0.717, 1.165) is 24.3 Å². The second-order valence-corrected chi connectivity index (χ2v) is 8.78. The van der Waals surface area contributed by atoms with E-state index in [9.17, 15) is 9.70 Å². The number of pyridine rings is 1. The lowest BCUT2D eigenvalue weighted by molar-refractivity contribution is -0.133. The maximum atomic E-state index is 11.9. The molecule has 0 bridgehead atoms. The highest BCUT2D eigenvalue weighted by Crippen LogP contribution is 2.38. The predicted molar refractivity (Wildman–Crippen MR) is 127 cm³/mol. The van der Waals surface area contributed by atoms with Gasteiger partial charge in [-0.2, -0.15) is 4.91 Å². The number of hydrogen-bond acceptors (Lipinski definition) is 4. The Kier molecular flexibility index (Phi) is 6.45. The van der Waals surface area contributed by atoms with Crippen LogP contribution in [-0.2, 0) is 4.79 Å². The van der Waals surface area contributed by atoms with Crippen LogP contribution in [-0.4, -0.2) is 28.9 Å². The summed E-state index contributed by atoms with van der Waals surface area (Å²) in [6.07, 6.45) is 2.34. The van der Waals surface area contributed by atoms with Gasteiger partial charge < -0.3 is 4.90 Å². The van der Waals surface area contributed by atoms with E-state index in [4.69, 9.17) is 0 Å². The van der Waals surface area contributed by atoms with Crippen molar-refractivity contribution in [1.29, 1.82) is 0 Å². The summed E-state index contributed by atoms with van der Waals surface area (Å²) in [7, 11) is 0. The Morgan fingerprint density at radius 1 is 1.06 bits per heavy atom. The maximum absolute atomic E-state index is 11.9. The zero-order chi connectivity index (χ0) is 22.7. The standard InChI is InChI=1S/C27H29N3O2/c1-18-6-4-5-7-25(18)26(15-27(29-32)23-12-13-28-19(2)14-23)22-10-8-21(9-11-22)24-16-30(17-24)20(3)31/h4-14,24,26-27H,15-17H2,1-3H3. The fraction of sp³-hybridized carbons (Fsp3) is 0.333. The summed E-state index contributed by atoms with van der Waals surface area (Å²) in [5.41, 5.74) is 6.63. The van der Waals surface area contributed by atoms with E-state index in [2.05, 4.69) is 53.5 Å². The van der Waals surface area contributed by atoms with Crippen LogP contribution in [0.4, 0.5) is 0 Å². The third kappa shape index (κ3) is 4.62. The number of carbonyl (C=O) groups is 1. The SMILES string of the molecule is CC(=O)N1CC(c2ccc(C(CC(N=O)c3ccnc(C)c3)c3ccccc3C)cc2)C1. The highest BCUT2D eigenvalue weighted by molar-refractivity contribution is 5.74. The van der Waals surface area contributed by atoms with Gasteiger partial charge in [-0.25, -0.2) is 0 Å². The van der Waals surface area contributed by atoms with E-state index < -0.39 is 6.04 Å². The molecule has 2 unspecified atom stereocenters. The number of aryl methyl sites for hydroxylation is 2. The molecule has 1 fully saturated rings. The molecule has 2 heterocycles. The van der Waals surface area contributed by atoms with Crippen LogP contribution >= 0.6 is 0 Å². The third-order valence-corrected chi connectivity index (χ3v) is 6.59. The van der Waals surface area contributed by atoms with Crippen molar-refractivity contribution >= 4 is 5.91 Å². The van der Waals surface area contributed by atoms with Crippen LogP contribution in [0.15, 0.2) is 72.0 Å². The number of rotatable bonds is 7. The molecule has 164 valence electrons. The summed E-state index contributed by atoms with van der Waals surface area (Å²) in [5, 5.41) is 3.50. The van der Waals surface area contributed by atoms with Crippen molar-refractivity contribution in [2.24, 2.45) is 5.18 Å². The maximum Gasteiger partial charge on any atom is 0.219 e. The first-order valence-corrected chi connectivity index (χ1v) is 11.1. The van der Waals surface area contributed by atoms with Gasteiger partial charge in [-0.3, -0.25) is 9.78 Å². The number of likely N-dealkylation sites (tertiary alicyclic amines) is 1. The van der Waals surface area contributed by atoms with Crippen LogP contribution in [0.3, 0.4) is 0 Å².